The van der Waals surface area contributed by atoms with Crippen LogP contribution in [0.5, 0.6) is 0 Å². The molecule has 0 aliphatic heterocycles. The Kier molecular flexibility index (Phi) is 5.21. The molecule has 0 bridgehead atoms. The average molecular weight is 280 g/mol. The van der Waals surface area contributed by atoms with Crippen molar-refractivity contribution in [3.8, 4) is 0 Å². The summed E-state index contributed by atoms with van der Waals surface area (Å²) in [5.41, 5.74) is 0.175. The molecule has 0 spiro atoms. The summed E-state index contributed by atoms with van der Waals surface area (Å²) in [6, 6.07) is 6.05. The lowest BCUT2D eigenvalue weighted by Crippen LogP contribution is -2.38. The Labute approximate surface area is 118 Å². The summed E-state index contributed by atoms with van der Waals surface area (Å²) in [5, 5.41) is 22.6. The smallest absolute Gasteiger partial charge is 0.269 e. The highest BCUT2D eigenvalue weighted by molar-refractivity contribution is 5.83. The molecule has 1 atom stereocenters. The lowest BCUT2D eigenvalue weighted by molar-refractivity contribution is -0.384. The summed E-state index contributed by atoms with van der Waals surface area (Å²) in [5.74, 6) is -0.698. The van der Waals surface area contributed by atoms with E-state index in [2.05, 4.69) is 5.32 Å². The fourth-order valence-corrected chi connectivity index (χ4v) is 1.59. The number of nitro groups is 1. The molecule has 1 rings (SSSR count). The van der Waals surface area contributed by atoms with E-state index in [-0.39, 0.29) is 18.2 Å². The number of amides is 1. The van der Waals surface area contributed by atoms with E-state index in [1.807, 2.05) is 13.8 Å². The second-order valence-corrected chi connectivity index (χ2v) is 5.61. The van der Waals surface area contributed by atoms with E-state index in [1.54, 1.807) is 19.1 Å². The molecule has 2 N–H and O–H groups in total. The first-order chi connectivity index (χ1) is 9.26. The van der Waals surface area contributed by atoms with Gasteiger partial charge in [0.05, 0.1) is 10.8 Å². The van der Waals surface area contributed by atoms with Gasteiger partial charge in [-0.1, -0.05) is 26.0 Å². The van der Waals surface area contributed by atoms with Gasteiger partial charge in [-0.15, -0.1) is 0 Å². The molecule has 0 saturated carbocycles. The fraction of sp³-hybridized carbons (Fsp3) is 0.500. The van der Waals surface area contributed by atoms with Crippen molar-refractivity contribution in [3.05, 3.63) is 39.9 Å². The quantitative estimate of drug-likeness (QED) is 0.614. The number of carbonyl (C=O) groups is 1. The minimum absolute atomic E-state index is 0.0293. The van der Waals surface area contributed by atoms with Crippen molar-refractivity contribution < 1.29 is 14.8 Å². The lowest BCUT2D eigenvalue weighted by atomic mass is 9.94. The summed E-state index contributed by atoms with van der Waals surface area (Å²) in [6.45, 7) is 5.69. The van der Waals surface area contributed by atoms with Crippen molar-refractivity contribution in [3.63, 3.8) is 0 Å². The van der Waals surface area contributed by atoms with Gasteiger partial charge in [0.15, 0.2) is 0 Å². The molecule has 110 valence electrons. The number of hydrogen-bond donors (Lipinski definition) is 2. The normalized spacial score (nSPS) is 12.8. The minimum Gasteiger partial charge on any atom is -0.396 e. The van der Waals surface area contributed by atoms with E-state index in [1.165, 1.54) is 12.1 Å². The molecule has 1 amide bonds. The lowest BCUT2D eigenvalue weighted by Gasteiger charge is -2.23. The van der Waals surface area contributed by atoms with E-state index < -0.39 is 16.3 Å². The van der Waals surface area contributed by atoms with Crippen LogP contribution in [-0.4, -0.2) is 29.1 Å². The third kappa shape index (κ3) is 4.31. The van der Waals surface area contributed by atoms with Crippen LogP contribution in [0, 0.1) is 15.5 Å². The Balaban J connectivity index is 2.74. The van der Waals surface area contributed by atoms with E-state index in [9.17, 15) is 14.9 Å². The number of hydrogen-bond acceptors (Lipinski definition) is 4. The zero-order valence-corrected chi connectivity index (χ0v) is 11.9. The molecule has 0 aliphatic rings. The first-order valence-electron chi connectivity index (χ1n) is 6.40. The third-order valence-electron chi connectivity index (χ3n) is 3.14. The molecule has 20 heavy (non-hydrogen) atoms. The molecule has 0 radical (unpaired) electrons. The molecular formula is C14H20N2O4. The van der Waals surface area contributed by atoms with Crippen molar-refractivity contribution in [2.75, 3.05) is 13.2 Å². The summed E-state index contributed by atoms with van der Waals surface area (Å²) in [6.07, 6.45) is 0. The van der Waals surface area contributed by atoms with Crippen molar-refractivity contribution in [2.24, 2.45) is 5.41 Å². The highest BCUT2D eigenvalue weighted by Crippen LogP contribution is 2.21. The van der Waals surface area contributed by atoms with Crippen LogP contribution in [0.25, 0.3) is 0 Å². The zero-order chi connectivity index (χ0) is 15.3. The third-order valence-corrected chi connectivity index (χ3v) is 3.14. The first-order valence-corrected chi connectivity index (χ1v) is 6.40. The van der Waals surface area contributed by atoms with E-state index in [0.29, 0.717) is 12.1 Å². The maximum absolute atomic E-state index is 12.0. The van der Waals surface area contributed by atoms with E-state index >= 15 is 0 Å². The van der Waals surface area contributed by atoms with Gasteiger partial charge in [-0.3, -0.25) is 14.9 Å². The Morgan fingerprint density at radius 2 is 2.15 bits per heavy atom. The number of non-ortho nitro benzene ring substituents is 1. The van der Waals surface area contributed by atoms with Crippen LogP contribution >= 0.6 is 0 Å². The van der Waals surface area contributed by atoms with Crippen LogP contribution in [0.3, 0.4) is 0 Å². The first kappa shape index (κ1) is 16.1. The van der Waals surface area contributed by atoms with Crippen molar-refractivity contribution in [1.29, 1.82) is 0 Å². The molecule has 0 fully saturated rings. The molecule has 0 aliphatic carbocycles. The van der Waals surface area contributed by atoms with Gasteiger partial charge in [-0.2, -0.15) is 0 Å². The number of benzene rings is 1. The topological polar surface area (TPSA) is 92.5 Å². The average Bonchev–Trinajstić information content (AvgIpc) is 2.44. The molecule has 1 aromatic rings. The Hall–Kier alpha value is -1.95. The van der Waals surface area contributed by atoms with Gasteiger partial charge in [-0.05, 0) is 12.5 Å². The van der Waals surface area contributed by atoms with Crippen LogP contribution in [0.15, 0.2) is 24.3 Å². The number of nitro benzene ring substituents is 1. The van der Waals surface area contributed by atoms with Gasteiger partial charge in [0.25, 0.3) is 5.69 Å². The van der Waals surface area contributed by atoms with Crippen LogP contribution in [0.4, 0.5) is 5.69 Å². The van der Waals surface area contributed by atoms with Crippen molar-refractivity contribution in [2.45, 2.75) is 26.7 Å². The number of rotatable bonds is 6. The summed E-state index contributed by atoms with van der Waals surface area (Å²) < 4.78 is 0. The molecule has 0 saturated heterocycles. The second-order valence-electron chi connectivity index (χ2n) is 5.61. The number of nitrogens with zero attached hydrogens (tertiary/aromatic N) is 1. The SMILES string of the molecule is CC(C(=O)NCC(C)(C)CO)c1cccc([N+](=O)[O-])c1. The highest BCUT2D eigenvalue weighted by atomic mass is 16.6. The molecule has 0 aromatic heterocycles. The largest absolute Gasteiger partial charge is 0.396 e. The maximum atomic E-state index is 12.0. The van der Waals surface area contributed by atoms with E-state index in [4.69, 9.17) is 5.11 Å². The molecule has 1 unspecified atom stereocenters. The Bertz CT molecular complexity index is 500. The van der Waals surface area contributed by atoms with Crippen LogP contribution in [-0.2, 0) is 4.79 Å². The predicted octanol–water partition coefficient (Wildman–Crippen LogP) is 1.83. The fourth-order valence-electron chi connectivity index (χ4n) is 1.59. The number of aliphatic hydroxyl groups is 1. The Morgan fingerprint density at radius 1 is 1.50 bits per heavy atom. The van der Waals surface area contributed by atoms with Gasteiger partial charge in [-0.25, -0.2) is 0 Å². The summed E-state index contributed by atoms with van der Waals surface area (Å²) >= 11 is 0. The monoisotopic (exact) mass is 280 g/mol. The molecule has 6 nitrogen and oxygen atoms in total. The summed E-state index contributed by atoms with van der Waals surface area (Å²) in [4.78, 5) is 22.3. The molecular weight excluding hydrogens is 260 g/mol. The van der Waals surface area contributed by atoms with Crippen LogP contribution < -0.4 is 5.32 Å². The standard InChI is InChI=1S/C14H20N2O4/c1-10(13(18)15-8-14(2,3)9-17)11-5-4-6-12(7-11)16(19)20/h4-7,10,17H,8-9H2,1-3H3,(H,15,18). The second kappa shape index (κ2) is 6.47. The number of nitrogens with one attached hydrogen (secondary N) is 1. The van der Waals surface area contributed by atoms with Gasteiger partial charge in [0.2, 0.25) is 5.91 Å². The highest BCUT2D eigenvalue weighted by Gasteiger charge is 2.21. The molecule has 6 heteroatoms. The summed E-state index contributed by atoms with van der Waals surface area (Å²) in [7, 11) is 0. The van der Waals surface area contributed by atoms with Gasteiger partial charge in [0.1, 0.15) is 0 Å². The number of aliphatic hydroxyl groups excluding tert-OH is 1. The molecule has 0 heterocycles. The minimum atomic E-state index is -0.483. The van der Waals surface area contributed by atoms with Gasteiger partial charge >= 0.3 is 0 Å². The maximum Gasteiger partial charge on any atom is 0.269 e. The zero-order valence-electron chi connectivity index (χ0n) is 11.9. The van der Waals surface area contributed by atoms with Crippen molar-refractivity contribution in [1.82, 2.24) is 5.32 Å². The van der Waals surface area contributed by atoms with Gasteiger partial charge < -0.3 is 10.4 Å². The van der Waals surface area contributed by atoms with Gasteiger partial charge in [0, 0.05) is 30.7 Å². The predicted molar refractivity (Wildman–Crippen MR) is 75.4 cm³/mol. The van der Waals surface area contributed by atoms with E-state index in [0.717, 1.165) is 0 Å². The van der Waals surface area contributed by atoms with Crippen molar-refractivity contribution >= 4 is 11.6 Å². The Morgan fingerprint density at radius 3 is 2.70 bits per heavy atom. The van der Waals surface area contributed by atoms with Crippen LogP contribution in [0.1, 0.15) is 32.3 Å². The number of carbonyl (C=O) groups excluding carboxylic acids is 1. The molecule has 1 aromatic carbocycles. The van der Waals surface area contributed by atoms with Crippen LogP contribution in [0.2, 0.25) is 0 Å².